The maximum absolute atomic E-state index is 4.36. The quantitative estimate of drug-likeness (QED) is 0.857. The van der Waals surface area contributed by atoms with E-state index in [-0.39, 0.29) is 0 Å². The van der Waals surface area contributed by atoms with Crippen LogP contribution in [0.4, 0.5) is 5.82 Å². The first-order chi connectivity index (χ1) is 7.75. The van der Waals surface area contributed by atoms with E-state index in [1.165, 1.54) is 12.8 Å². The Bertz CT molecular complexity index is 511. The second kappa shape index (κ2) is 3.47. The minimum atomic E-state index is 0.432. The van der Waals surface area contributed by atoms with Crippen LogP contribution >= 0.6 is 0 Å². The number of anilines is 1. The summed E-state index contributed by atoms with van der Waals surface area (Å²) in [5, 5.41) is 4.57. The monoisotopic (exact) mass is 216 g/mol. The predicted octanol–water partition coefficient (Wildman–Crippen LogP) is 2.59. The molecular weight excluding hydrogens is 200 g/mol. The lowest BCUT2D eigenvalue weighted by Gasteiger charge is -2.09. The standard InChI is InChI=1S/C12H16N4/c1-8(2)16-6-5-10-11(15-9-3-4-9)13-7-14-12(10)16/h5-9H,3-4H2,1-2H3,(H,13,14,15). The summed E-state index contributed by atoms with van der Waals surface area (Å²) in [6.45, 7) is 4.32. The SMILES string of the molecule is CC(C)n1ccc2c(NC3CC3)ncnc21. The first-order valence-corrected chi connectivity index (χ1v) is 5.84. The molecule has 0 bridgehead atoms. The number of hydrogen-bond donors (Lipinski definition) is 1. The highest BCUT2D eigenvalue weighted by atomic mass is 15.1. The maximum atomic E-state index is 4.36. The van der Waals surface area contributed by atoms with Crippen molar-refractivity contribution in [3.05, 3.63) is 18.6 Å². The molecule has 2 aromatic rings. The zero-order valence-corrected chi connectivity index (χ0v) is 9.64. The summed E-state index contributed by atoms with van der Waals surface area (Å²) in [5.74, 6) is 0.979. The lowest BCUT2D eigenvalue weighted by molar-refractivity contribution is 0.617. The van der Waals surface area contributed by atoms with Gasteiger partial charge in [-0.25, -0.2) is 9.97 Å². The molecule has 16 heavy (non-hydrogen) atoms. The van der Waals surface area contributed by atoms with Gasteiger partial charge in [-0.15, -0.1) is 0 Å². The zero-order valence-electron chi connectivity index (χ0n) is 9.64. The Morgan fingerprint density at radius 3 is 2.88 bits per heavy atom. The topological polar surface area (TPSA) is 42.7 Å². The molecule has 1 aliphatic rings. The maximum Gasteiger partial charge on any atom is 0.145 e. The molecule has 0 unspecified atom stereocenters. The van der Waals surface area contributed by atoms with Crippen molar-refractivity contribution in [2.75, 3.05) is 5.32 Å². The summed E-state index contributed by atoms with van der Waals surface area (Å²) in [4.78, 5) is 8.69. The molecule has 1 saturated carbocycles. The summed E-state index contributed by atoms with van der Waals surface area (Å²) in [7, 11) is 0. The Hall–Kier alpha value is -1.58. The van der Waals surface area contributed by atoms with E-state index in [0.29, 0.717) is 12.1 Å². The fourth-order valence-electron chi connectivity index (χ4n) is 1.92. The van der Waals surface area contributed by atoms with Crippen molar-refractivity contribution in [3.8, 4) is 0 Å². The van der Waals surface area contributed by atoms with Gasteiger partial charge in [0.15, 0.2) is 0 Å². The van der Waals surface area contributed by atoms with Crippen LogP contribution in [0.15, 0.2) is 18.6 Å². The lowest BCUT2D eigenvalue weighted by atomic mass is 10.3. The van der Waals surface area contributed by atoms with Crippen LogP contribution in [0, 0.1) is 0 Å². The second-order valence-electron chi connectivity index (χ2n) is 4.69. The van der Waals surface area contributed by atoms with Crippen molar-refractivity contribution in [2.45, 2.75) is 38.8 Å². The van der Waals surface area contributed by atoms with Gasteiger partial charge in [0.05, 0.1) is 5.39 Å². The van der Waals surface area contributed by atoms with Gasteiger partial charge in [-0.1, -0.05) is 0 Å². The van der Waals surface area contributed by atoms with Gasteiger partial charge in [0.2, 0.25) is 0 Å². The number of hydrogen-bond acceptors (Lipinski definition) is 3. The normalized spacial score (nSPS) is 15.9. The molecule has 4 heteroatoms. The van der Waals surface area contributed by atoms with Crippen molar-refractivity contribution < 1.29 is 0 Å². The van der Waals surface area contributed by atoms with E-state index < -0.39 is 0 Å². The van der Waals surface area contributed by atoms with Crippen LogP contribution in [0.2, 0.25) is 0 Å². The largest absolute Gasteiger partial charge is 0.367 e. The molecule has 1 N–H and O–H groups in total. The molecule has 0 amide bonds. The summed E-state index contributed by atoms with van der Waals surface area (Å²) in [6, 6.07) is 3.15. The number of aromatic nitrogens is 3. The van der Waals surface area contributed by atoms with Crippen LogP contribution in [0.1, 0.15) is 32.7 Å². The third kappa shape index (κ3) is 1.54. The fraction of sp³-hybridized carbons (Fsp3) is 0.500. The Morgan fingerprint density at radius 1 is 1.38 bits per heavy atom. The Kier molecular flexibility index (Phi) is 2.09. The van der Waals surface area contributed by atoms with Crippen molar-refractivity contribution in [2.24, 2.45) is 0 Å². The molecule has 0 atom stereocenters. The number of fused-ring (bicyclic) bond motifs is 1. The van der Waals surface area contributed by atoms with E-state index in [2.05, 4.69) is 46.0 Å². The molecular formula is C12H16N4. The van der Waals surface area contributed by atoms with Crippen LogP contribution in [-0.2, 0) is 0 Å². The Balaban J connectivity index is 2.08. The van der Waals surface area contributed by atoms with Crippen LogP contribution in [0.5, 0.6) is 0 Å². The summed E-state index contributed by atoms with van der Waals surface area (Å²) in [5.41, 5.74) is 1.02. The van der Waals surface area contributed by atoms with Gasteiger partial charge in [0, 0.05) is 18.3 Å². The van der Waals surface area contributed by atoms with Crippen molar-refractivity contribution in [3.63, 3.8) is 0 Å². The zero-order chi connectivity index (χ0) is 11.1. The fourth-order valence-corrected chi connectivity index (χ4v) is 1.92. The number of nitrogens with zero attached hydrogens (tertiary/aromatic N) is 3. The Morgan fingerprint density at radius 2 is 2.19 bits per heavy atom. The summed E-state index contributed by atoms with van der Waals surface area (Å²) >= 11 is 0. The average Bonchev–Trinajstić information content (AvgIpc) is 2.95. The van der Waals surface area contributed by atoms with Gasteiger partial charge in [-0.2, -0.15) is 0 Å². The van der Waals surface area contributed by atoms with E-state index >= 15 is 0 Å². The molecule has 1 aliphatic carbocycles. The molecule has 0 radical (unpaired) electrons. The highest BCUT2D eigenvalue weighted by Gasteiger charge is 2.22. The van der Waals surface area contributed by atoms with E-state index in [0.717, 1.165) is 16.9 Å². The van der Waals surface area contributed by atoms with Gasteiger partial charge >= 0.3 is 0 Å². The average molecular weight is 216 g/mol. The van der Waals surface area contributed by atoms with Gasteiger partial charge in [-0.3, -0.25) is 0 Å². The van der Waals surface area contributed by atoms with Crippen LogP contribution < -0.4 is 5.32 Å². The third-order valence-corrected chi connectivity index (χ3v) is 2.98. The molecule has 0 saturated heterocycles. The first-order valence-electron chi connectivity index (χ1n) is 5.84. The lowest BCUT2D eigenvalue weighted by Crippen LogP contribution is -2.05. The predicted molar refractivity (Wildman–Crippen MR) is 64.6 cm³/mol. The molecule has 3 rings (SSSR count). The molecule has 2 heterocycles. The van der Waals surface area contributed by atoms with Crippen LogP contribution in [0.25, 0.3) is 11.0 Å². The number of nitrogens with one attached hydrogen (secondary N) is 1. The van der Waals surface area contributed by atoms with Crippen molar-refractivity contribution in [1.82, 2.24) is 14.5 Å². The highest BCUT2D eigenvalue weighted by molar-refractivity contribution is 5.87. The van der Waals surface area contributed by atoms with Gasteiger partial charge in [0.25, 0.3) is 0 Å². The van der Waals surface area contributed by atoms with Gasteiger partial charge < -0.3 is 9.88 Å². The van der Waals surface area contributed by atoms with E-state index in [9.17, 15) is 0 Å². The molecule has 2 aromatic heterocycles. The Labute approximate surface area is 94.7 Å². The molecule has 0 spiro atoms. The molecule has 4 nitrogen and oxygen atoms in total. The van der Waals surface area contributed by atoms with Crippen LogP contribution in [-0.4, -0.2) is 20.6 Å². The number of rotatable bonds is 3. The van der Waals surface area contributed by atoms with E-state index in [1.54, 1.807) is 6.33 Å². The minimum absolute atomic E-state index is 0.432. The van der Waals surface area contributed by atoms with Gasteiger partial charge in [-0.05, 0) is 32.8 Å². The molecule has 84 valence electrons. The van der Waals surface area contributed by atoms with Gasteiger partial charge in [0.1, 0.15) is 17.8 Å². The summed E-state index contributed by atoms with van der Waals surface area (Å²) in [6.07, 6.45) is 6.25. The summed E-state index contributed by atoms with van der Waals surface area (Å²) < 4.78 is 2.18. The molecule has 1 fully saturated rings. The third-order valence-electron chi connectivity index (χ3n) is 2.98. The van der Waals surface area contributed by atoms with Crippen molar-refractivity contribution in [1.29, 1.82) is 0 Å². The first kappa shape index (κ1) is 9.63. The van der Waals surface area contributed by atoms with E-state index in [1.807, 2.05) is 0 Å². The minimum Gasteiger partial charge on any atom is -0.367 e. The molecule has 0 aromatic carbocycles. The van der Waals surface area contributed by atoms with Crippen molar-refractivity contribution >= 4 is 16.9 Å². The molecule has 0 aliphatic heterocycles. The second-order valence-corrected chi connectivity index (χ2v) is 4.69. The highest BCUT2D eigenvalue weighted by Crippen LogP contribution is 2.28. The van der Waals surface area contributed by atoms with Crippen LogP contribution in [0.3, 0.4) is 0 Å². The smallest absolute Gasteiger partial charge is 0.145 e. The van der Waals surface area contributed by atoms with E-state index in [4.69, 9.17) is 0 Å².